The van der Waals surface area contributed by atoms with Crippen LogP contribution in [-0.4, -0.2) is 11.3 Å². The molecule has 0 aliphatic rings. The van der Waals surface area contributed by atoms with Crippen LogP contribution in [0.25, 0.3) is 0 Å². The van der Waals surface area contributed by atoms with Crippen LogP contribution in [0, 0.1) is 13.8 Å². The molecule has 1 heterocycles. The van der Waals surface area contributed by atoms with Gasteiger partial charge in [0.25, 0.3) is 0 Å². The Hall–Kier alpha value is -1.87. The summed E-state index contributed by atoms with van der Waals surface area (Å²) in [4.78, 5) is 15.3. The molecule has 0 saturated heterocycles. The van der Waals surface area contributed by atoms with Crippen molar-refractivity contribution in [2.45, 2.75) is 20.5 Å². The van der Waals surface area contributed by atoms with Crippen LogP contribution in [-0.2, 0) is 6.61 Å². The normalized spacial score (nSPS) is 10.3. The first kappa shape index (κ1) is 13.6. The molecule has 0 N–H and O–H groups in total. The van der Waals surface area contributed by atoms with Crippen LogP contribution in [0.5, 0.6) is 5.75 Å². The van der Waals surface area contributed by atoms with Crippen molar-refractivity contribution >= 4 is 17.9 Å². The van der Waals surface area contributed by atoms with Crippen molar-refractivity contribution in [2.75, 3.05) is 0 Å². The summed E-state index contributed by atoms with van der Waals surface area (Å²) in [6.07, 6.45) is 0.740. The highest BCUT2D eigenvalue weighted by Crippen LogP contribution is 2.22. The minimum absolute atomic E-state index is 0.396. The van der Waals surface area contributed by atoms with Gasteiger partial charge >= 0.3 is 0 Å². The number of halogens is 1. The third-order valence-corrected chi connectivity index (χ3v) is 2.87. The van der Waals surface area contributed by atoms with E-state index in [4.69, 9.17) is 16.3 Å². The molecule has 0 fully saturated rings. The predicted octanol–water partition coefficient (Wildman–Crippen LogP) is 3.74. The largest absolute Gasteiger partial charge is 0.488 e. The number of aromatic nitrogens is 1. The maximum absolute atomic E-state index is 11.0. The minimum atomic E-state index is 0.396. The molecule has 3 nitrogen and oxygen atoms in total. The summed E-state index contributed by atoms with van der Waals surface area (Å²) in [5, 5.41) is 0.519. The summed E-state index contributed by atoms with van der Waals surface area (Å²) in [5.74, 6) is 0.534. The number of aryl methyl sites for hydroxylation is 2. The van der Waals surface area contributed by atoms with Crippen molar-refractivity contribution < 1.29 is 9.53 Å². The van der Waals surface area contributed by atoms with Crippen LogP contribution in [0.3, 0.4) is 0 Å². The predicted molar refractivity (Wildman–Crippen MR) is 74.9 cm³/mol. The lowest BCUT2D eigenvalue weighted by Crippen LogP contribution is -2.00. The quantitative estimate of drug-likeness (QED) is 0.798. The molecule has 2 aromatic rings. The molecule has 0 aliphatic carbocycles. The molecular weight excluding hydrogens is 262 g/mol. The number of hydrogen-bond acceptors (Lipinski definition) is 3. The molecule has 0 radical (unpaired) electrons. The van der Waals surface area contributed by atoms with Gasteiger partial charge in [0, 0.05) is 16.4 Å². The van der Waals surface area contributed by atoms with Gasteiger partial charge in [-0.15, -0.1) is 0 Å². The monoisotopic (exact) mass is 275 g/mol. The molecule has 1 aromatic carbocycles. The first-order valence-corrected chi connectivity index (χ1v) is 6.28. The first-order chi connectivity index (χ1) is 9.08. The lowest BCUT2D eigenvalue weighted by Gasteiger charge is -2.09. The van der Waals surface area contributed by atoms with Gasteiger partial charge in [-0.1, -0.05) is 11.6 Å². The van der Waals surface area contributed by atoms with Crippen LogP contribution < -0.4 is 4.74 Å². The van der Waals surface area contributed by atoms with Crippen molar-refractivity contribution in [1.29, 1.82) is 0 Å². The molecule has 1 aromatic heterocycles. The van der Waals surface area contributed by atoms with Gasteiger partial charge in [0.1, 0.15) is 12.4 Å². The summed E-state index contributed by atoms with van der Waals surface area (Å²) in [6, 6.07) is 8.92. The van der Waals surface area contributed by atoms with Gasteiger partial charge in [-0.2, -0.15) is 0 Å². The number of carbonyl (C=O) groups is 1. The fourth-order valence-electron chi connectivity index (χ4n) is 1.91. The number of aldehydes is 1. The van der Waals surface area contributed by atoms with Crippen molar-refractivity contribution in [1.82, 2.24) is 4.98 Å². The van der Waals surface area contributed by atoms with Crippen molar-refractivity contribution in [3.63, 3.8) is 0 Å². The van der Waals surface area contributed by atoms with E-state index in [9.17, 15) is 4.79 Å². The molecule has 0 bridgehead atoms. The first-order valence-electron chi connectivity index (χ1n) is 5.90. The number of pyridine rings is 1. The Bertz CT molecular complexity index is 591. The molecule has 4 heteroatoms. The Morgan fingerprint density at radius 3 is 2.53 bits per heavy atom. The van der Waals surface area contributed by atoms with Crippen molar-refractivity contribution in [2.24, 2.45) is 0 Å². The van der Waals surface area contributed by atoms with E-state index in [0.29, 0.717) is 22.9 Å². The zero-order valence-electron chi connectivity index (χ0n) is 10.8. The van der Waals surface area contributed by atoms with Gasteiger partial charge in [-0.3, -0.25) is 9.78 Å². The van der Waals surface area contributed by atoms with E-state index < -0.39 is 0 Å². The van der Waals surface area contributed by atoms with Crippen molar-refractivity contribution in [3.8, 4) is 5.75 Å². The zero-order valence-corrected chi connectivity index (χ0v) is 11.6. The Morgan fingerprint density at radius 2 is 1.89 bits per heavy atom. The highest BCUT2D eigenvalue weighted by atomic mass is 35.5. The topological polar surface area (TPSA) is 39.2 Å². The van der Waals surface area contributed by atoms with Crippen molar-refractivity contribution in [3.05, 3.63) is 57.9 Å². The highest BCUT2D eigenvalue weighted by molar-refractivity contribution is 6.30. The molecule has 0 atom stereocenters. The van der Waals surface area contributed by atoms with Gasteiger partial charge in [-0.05, 0) is 49.7 Å². The van der Waals surface area contributed by atoms with Gasteiger partial charge in [0.05, 0.1) is 5.56 Å². The lowest BCUT2D eigenvalue weighted by molar-refractivity contribution is 0.111. The standard InChI is InChI=1S/C15H14ClNO2/c1-10-5-12(6-11(2)17-10)9-19-15-4-3-14(16)7-13(15)8-18/h3-8H,9H2,1-2H3. The number of benzene rings is 1. The van der Waals surface area contributed by atoms with Crippen LogP contribution in [0.4, 0.5) is 0 Å². The average Bonchev–Trinajstić information content (AvgIpc) is 2.36. The lowest BCUT2D eigenvalue weighted by atomic mass is 10.2. The number of hydrogen-bond donors (Lipinski definition) is 0. The molecule has 0 spiro atoms. The SMILES string of the molecule is Cc1cc(COc2ccc(Cl)cc2C=O)cc(C)n1. The smallest absolute Gasteiger partial charge is 0.153 e. The average molecular weight is 276 g/mol. The molecule has 0 saturated carbocycles. The fraction of sp³-hybridized carbons (Fsp3) is 0.200. The summed E-state index contributed by atoms with van der Waals surface area (Å²) >= 11 is 5.83. The Balaban J connectivity index is 2.16. The van der Waals surface area contributed by atoms with Crippen LogP contribution in [0.1, 0.15) is 27.3 Å². The summed E-state index contributed by atoms with van der Waals surface area (Å²) in [5.41, 5.74) is 3.38. The third kappa shape index (κ3) is 3.55. The second-order valence-corrected chi connectivity index (χ2v) is 4.78. The van der Waals surface area contributed by atoms with Crippen LogP contribution in [0.2, 0.25) is 5.02 Å². The summed E-state index contributed by atoms with van der Waals surface area (Å²) < 4.78 is 5.66. The van der Waals surface area contributed by atoms with Gasteiger partial charge in [0.2, 0.25) is 0 Å². The van der Waals surface area contributed by atoms with Gasteiger partial charge in [-0.25, -0.2) is 0 Å². The molecule has 19 heavy (non-hydrogen) atoms. The Kier molecular flexibility index (Phi) is 4.17. The minimum Gasteiger partial charge on any atom is -0.488 e. The number of nitrogens with zero attached hydrogens (tertiary/aromatic N) is 1. The van der Waals surface area contributed by atoms with E-state index >= 15 is 0 Å². The van der Waals surface area contributed by atoms with Gasteiger partial charge in [0.15, 0.2) is 6.29 Å². The maximum Gasteiger partial charge on any atom is 0.153 e. The zero-order chi connectivity index (χ0) is 13.8. The fourth-order valence-corrected chi connectivity index (χ4v) is 2.09. The molecule has 98 valence electrons. The Morgan fingerprint density at radius 1 is 1.21 bits per heavy atom. The Labute approximate surface area is 117 Å². The van der Waals surface area contributed by atoms with E-state index in [2.05, 4.69) is 4.98 Å². The number of carbonyl (C=O) groups excluding carboxylic acids is 1. The second kappa shape index (κ2) is 5.85. The van der Waals surface area contributed by atoms with E-state index in [0.717, 1.165) is 23.2 Å². The molecule has 0 amide bonds. The third-order valence-electron chi connectivity index (χ3n) is 2.63. The molecule has 0 aliphatic heterocycles. The van der Waals surface area contributed by atoms with E-state index in [1.54, 1.807) is 18.2 Å². The highest BCUT2D eigenvalue weighted by Gasteiger charge is 2.05. The van der Waals surface area contributed by atoms with Crippen LogP contribution >= 0.6 is 11.6 Å². The molecule has 0 unspecified atom stereocenters. The summed E-state index contributed by atoms with van der Waals surface area (Å²) in [6.45, 7) is 4.28. The van der Waals surface area contributed by atoms with E-state index in [1.165, 1.54) is 0 Å². The van der Waals surface area contributed by atoms with Crippen LogP contribution in [0.15, 0.2) is 30.3 Å². The number of ether oxygens (including phenoxy) is 1. The van der Waals surface area contributed by atoms with E-state index in [1.807, 2.05) is 26.0 Å². The maximum atomic E-state index is 11.0. The van der Waals surface area contributed by atoms with E-state index in [-0.39, 0.29) is 0 Å². The summed E-state index contributed by atoms with van der Waals surface area (Å²) in [7, 11) is 0. The molecular formula is C15H14ClNO2. The second-order valence-electron chi connectivity index (χ2n) is 4.35. The molecule has 2 rings (SSSR count). The number of rotatable bonds is 4. The van der Waals surface area contributed by atoms with Gasteiger partial charge < -0.3 is 4.74 Å².